The standard InChI is InChI=1S/C18H18Cl2N2O5S/c1-28(24,25)22(9-13-2-4-14(19)15(20)6-13)10-18(23)21-8-12-3-5-16-17(7-12)27-11-26-16/h2-7H,8-11H2,1H3,(H,21,23). The van der Waals surface area contributed by atoms with Gasteiger partial charge < -0.3 is 14.8 Å². The van der Waals surface area contributed by atoms with Crippen LogP contribution in [0, 0.1) is 0 Å². The fourth-order valence-corrected chi connectivity index (χ4v) is 3.66. The number of benzene rings is 2. The lowest BCUT2D eigenvalue weighted by Crippen LogP contribution is -2.39. The summed E-state index contributed by atoms with van der Waals surface area (Å²) < 4.78 is 35.8. The molecule has 1 aliphatic heterocycles. The summed E-state index contributed by atoms with van der Waals surface area (Å²) in [5.41, 5.74) is 1.44. The maximum absolute atomic E-state index is 12.3. The van der Waals surface area contributed by atoms with E-state index in [0.717, 1.165) is 16.1 Å². The lowest BCUT2D eigenvalue weighted by atomic mass is 10.2. The Bertz CT molecular complexity index is 997. The van der Waals surface area contributed by atoms with Crippen molar-refractivity contribution in [3.63, 3.8) is 0 Å². The normalized spacial score (nSPS) is 13.0. The van der Waals surface area contributed by atoms with E-state index < -0.39 is 15.9 Å². The molecule has 0 aromatic heterocycles. The molecule has 1 N–H and O–H groups in total. The minimum Gasteiger partial charge on any atom is -0.454 e. The monoisotopic (exact) mass is 444 g/mol. The summed E-state index contributed by atoms with van der Waals surface area (Å²) in [4.78, 5) is 12.3. The van der Waals surface area contributed by atoms with E-state index in [-0.39, 0.29) is 26.4 Å². The molecule has 3 rings (SSSR count). The third kappa shape index (κ3) is 5.29. The van der Waals surface area contributed by atoms with Gasteiger partial charge in [0.1, 0.15) is 0 Å². The van der Waals surface area contributed by atoms with Gasteiger partial charge in [-0.25, -0.2) is 8.42 Å². The Labute approximate surface area is 173 Å². The van der Waals surface area contributed by atoms with Crippen molar-refractivity contribution in [2.75, 3.05) is 19.6 Å². The van der Waals surface area contributed by atoms with Crippen molar-refractivity contribution in [1.29, 1.82) is 0 Å². The highest BCUT2D eigenvalue weighted by molar-refractivity contribution is 7.88. The predicted octanol–water partition coefficient (Wildman–Crippen LogP) is 2.80. The van der Waals surface area contributed by atoms with Crippen molar-refractivity contribution in [2.24, 2.45) is 0 Å². The predicted molar refractivity (Wildman–Crippen MR) is 106 cm³/mol. The van der Waals surface area contributed by atoms with Crippen LogP contribution in [0.15, 0.2) is 36.4 Å². The number of carbonyl (C=O) groups is 1. The van der Waals surface area contributed by atoms with E-state index in [0.29, 0.717) is 27.1 Å². The summed E-state index contributed by atoms with van der Waals surface area (Å²) in [7, 11) is -3.61. The van der Waals surface area contributed by atoms with Gasteiger partial charge >= 0.3 is 0 Å². The second-order valence-corrected chi connectivity index (χ2v) is 9.04. The molecule has 1 aliphatic rings. The van der Waals surface area contributed by atoms with Gasteiger partial charge in [-0.05, 0) is 35.4 Å². The van der Waals surface area contributed by atoms with Crippen LogP contribution in [-0.2, 0) is 27.9 Å². The summed E-state index contributed by atoms with van der Waals surface area (Å²) in [6.07, 6.45) is 1.05. The van der Waals surface area contributed by atoms with Gasteiger partial charge in [-0.3, -0.25) is 4.79 Å². The number of rotatable bonds is 7. The van der Waals surface area contributed by atoms with Crippen LogP contribution in [0.5, 0.6) is 11.5 Å². The molecular formula is C18H18Cl2N2O5S. The number of hydrogen-bond donors (Lipinski definition) is 1. The third-order valence-electron chi connectivity index (χ3n) is 4.06. The smallest absolute Gasteiger partial charge is 0.235 e. The van der Waals surface area contributed by atoms with Crippen molar-refractivity contribution in [3.05, 3.63) is 57.6 Å². The summed E-state index contributed by atoms with van der Waals surface area (Å²) >= 11 is 11.9. The van der Waals surface area contributed by atoms with Crippen molar-refractivity contribution in [1.82, 2.24) is 9.62 Å². The lowest BCUT2D eigenvalue weighted by Gasteiger charge is -2.20. The quantitative estimate of drug-likeness (QED) is 0.709. The minimum absolute atomic E-state index is 0.00711. The van der Waals surface area contributed by atoms with Crippen LogP contribution in [0.1, 0.15) is 11.1 Å². The van der Waals surface area contributed by atoms with E-state index in [2.05, 4.69) is 5.32 Å². The van der Waals surface area contributed by atoms with Gasteiger partial charge in [-0.2, -0.15) is 4.31 Å². The second-order valence-electron chi connectivity index (χ2n) is 6.24. The molecule has 0 saturated heterocycles. The first-order valence-corrected chi connectivity index (χ1v) is 10.9. The number of nitrogens with zero attached hydrogens (tertiary/aromatic N) is 1. The van der Waals surface area contributed by atoms with Gasteiger partial charge in [0.25, 0.3) is 0 Å². The zero-order valence-corrected chi connectivity index (χ0v) is 17.3. The summed E-state index contributed by atoms with van der Waals surface area (Å²) in [6, 6.07) is 10.2. The molecule has 10 heteroatoms. The Hall–Kier alpha value is -2.00. The number of hydrogen-bond acceptors (Lipinski definition) is 5. The van der Waals surface area contributed by atoms with Gasteiger partial charge in [0.15, 0.2) is 11.5 Å². The van der Waals surface area contributed by atoms with Crippen molar-refractivity contribution < 1.29 is 22.7 Å². The Morgan fingerprint density at radius 2 is 1.79 bits per heavy atom. The molecule has 0 saturated carbocycles. The van der Waals surface area contributed by atoms with Crippen LogP contribution >= 0.6 is 23.2 Å². The summed E-state index contributed by atoms with van der Waals surface area (Å²) in [5.74, 6) is 0.840. The zero-order chi connectivity index (χ0) is 20.3. The first kappa shape index (κ1) is 20.7. The SMILES string of the molecule is CS(=O)(=O)N(CC(=O)NCc1ccc2c(c1)OCO2)Cc1ccc(Cl)c(Cl)c1. The lowest BCUT2D eigenvalue weighted by molar-refractivity contribution is -0.121. The fourth-order valence-electron chi connectivity index (χ4n) is 2.60. The number of amides is 1. The van der Waals surface area contributed by atoms with Gasteiger partial charge in [0, 0.05) is 13.1 Å². The summed E-state index contributed by atoms with van der Waals surface area (Å²) in [6.45, 7) is 0.0970. The molecule has 2 aromatic carbocycles. The Balaban J connectivity index is 1.62. The highest BCUT2D eigenvalue weighted by Gasteiger charge is 2.21. The topological polar surface area (TPSA) is 84.9 Å². The largest absolute Gasteiger partial charge is 0.454 e. The van der Waals surface area contributed by atoms with E-state index in [1.165, 1.54) is 0 Å². The Morgan fingerprint density at radius 1 is 1.07 bits per heavy atom. The number of sulfonamides is 1. The molecule has 2 aromatic rings. The van der Waals surface area contributed by atoms with Crippen LogP contribution in [-0.4, -0.2) is 38.2 Å². The Morgan fingerprint density at radius 3 is 2.50 bits per heavy atom. The molecule has 0 fully saturated rings. The zero-order valence-electron chi connectivity index (χ0n) is 14.9. The van der Waals surface area contributed by atoms with E-state index in [1.54, 1.807) is 36.4 Å². The molecule has 0 aliphatic carbocycles. The first-order valence-electron chi connectivity index (χ1n) is 8.26. The van der Waals surface area contributed by atoms with E-state index in [4.69, 9.17) is 32.7 Å². The van der Waals surface area contributed by atoms with E-state index in [9.17, 15) is 13.2 Å². The third-order valence-corrected chi connectivity index (χ3v) is 5.99. The molecule has 0 bridgehead atoms. The molecule has 150 valence electrons. The number of fused-ring (bicyclic) bond motifs is 1. The highest BCUT2D eigenvalue weighted by atomic mass is 35.5. The molecule has 0 atom stereocenters. The Kier molecular flexibility index (Phi) is 6.34. The van der Waals surface area contributed by atoms with E-state index in [1.807, 2.05) is 0 Å². The highest BCUT2D eigenvalue weighted by Crippen LogP contribution is 2.32. The van der Waals surface area contributed by atoms with Crippen molar-refractivity contribution >= 4 is 39.1 Å². The molecule has 0 radical (unpaired) electrons. The van der Waals surface area contributed by atoms with Crippen LogP contribution in [0.4, 0.5) is 0 Å². The molecule has 0 spiro atoms. The summed E-state index contributed by atoms with van der Waals surface area (Å²) in [5, 5.41) is 3.40. The van der Waals surface area contributed by atoms with Crippen molar-refractivity contribution in [2.45, 2.75) is 13.1 Å². The molecular weight excluding hydrogens is 427 g/mol. The van der Waals surface area contributed by atoms with Crippen LogP contribution in [0.25, 0.3) is 0 Å². The minimum atomic E-state index is -3.61. The van der Waals surface area contributed by atoms with Gasteiger partial charge in [-0.15, -0.1) is 0 Å². The van der Waals surface area contributed by atoms with Gasteiger partial charge in [0.05, 0.1) is 22.8 Å². The molecule has 1 amide bonds. The maximum atomic E-state index is 12.3. The maximum Gasteiger partial charge on any atom is 0.235 e. The number of carbonyl (C=O) groups excluding carboxylic acids is 1. The average Bonchev–Trinajstić information content (AvgIpc) is 3.09. The number of nitrogens with one attached hydrogen (secondary N) is 1. The van der Waals surface area contributed by atoms with Crippen molar-refractivity contribution in [3.8, 4) is 11.5 Å². The number of halogens is 2. The molecule has 28 heavy (non-hydrogen) atoms. The first-order chi connectivity index (χ1) is 13.2. The van der Waals surface area contributed by atoms with E-state index >= 15 is 0 Å². The molecule has 0 unspecified atom stereocenters. The van der Waals surface area contributed by atoms with Crippen LogP contribution < -0.4 is 14.8 Å². The average molecular weight is 445 g/mol. The second kappa shape index (κ2) is 8.57. The fraction of sp³-hybridized carbons (Fsp3) is 0.278. The van der Waals surface area contributed by atoms with Crippen LogP contribution in [0.3, 0.4) is 0 Å². The molecule has 1 heterocycles. The number of ether oxygens (including phenoxy) is 2. The van der Waals surface area contributed by atoms with Crippen LogP contribution in [0.2, 0.25) is 10.0 Å². The molecule has 7 nitrogen and oxygen atoms in total. The van der Waals surface area contributed by atoms with Gasteiger partial charge in [-0.1, -0.05) is 35.3 Å². The van der Waals surface area contributed by atoms with Gasteiger partial charge in [0.2, 0.25) is 22.7 Å².